The van der Waals surface area contributed by atoms with E-state index in [0.29, 0.717) is 11.3 Å². The average molecular weight is 322 g/mol. The first kappa shape index (κ1) is 18.5. The number of carbonyl (C=O) groups excluding carboxylic acids is 3. The van der Waals surface area contributed by atoms with Crippen molar-refractivity contribution in [1.82, 2.24) is 5.32 Å². The summed E-state index contributed by atoms with van der Waals surface area (Å²) in [5.74, 6) is -2.25. The summed E-state index contributed by atoms with van der Waals surface area (Å²) in [5, 5.41) is 2.41. The minimum absolute atomic E-state index is 0.0707. The van der Waals surface area contributed by atoms with Crippen LogP contribution in [0.5, 0.6) is 0 Å². The first-order valence-electron chi connectivity index (χ1n) is 7.33. The summed E-state index contributed by atoms with van der Waals surface area (Å²) in [6.45, 7) is 4.59. The van der Waals surface area contributed by atoms with E-state index in [2.05, 4.69) is 5.32 Å². The number of hydrogen-bond donors (Lipinski definition) is 2. The Hall–Kier alpha value is -2.57. The molecule has 3 N–H and O–H groups in total. The number of esters is 2. The second-order valence-electron chi connectivity index (χ2n) is 4.95. The molecule has 0 fully saturated rings. The first-order chi connectivity index (χ1) is 10.9. The molecular weight excluding hydrogens is 300 g/mol. The van der Waals surface area contributed by atoms with Crippen LogP contribution in [0.15, 0.2) is 24.3 Å². The Bertz CT molecular complexity index is 550. The Morgan fingerprint density at radius 3 is 1.91 bits per heavy atom. The van der Waals surface area contributed by atoms with Gasteiger partial charge in [0.05, 0.1) is 13.2 Å². The van der Waals surface area contributed by atoms with Crippen LogP contribution in [0.25, 0.3) is 0 Å². The van der Waals surface area contributed by atoms with Crippen LogP contribution < -0.4 is 11.1 Å². The van der Waals surface area contributed by atoms with Crippen molar-refractivity contribution in [2.75, 3.05) is 18.9 Å². The molecule has 126 valence electrons. The van der Waals surface area contributed by atoms with E-state index >= 15 is 0 Å². The number of anilines is 1. The fraction of sp³-hybridized carbons (Fsp3) is 0.438. The lowest BCUT2D eigenvalue weighted by Crippen LogP contribution is -2.62. The van der Waals surface area contributed by atoms with Crippen molar-refractivity contribution in [1.29, 1.82) is 0 Å². The molecule has 0 aliphatic rings. The molecule has 0 atom stereocenters. The van der Waals surface area contributed by atoms with Gasteiger partial charge in [-0.1, -0.05) is 12.1 Å². The van der Waals surface area contributed by atoms with Crippen LogP contribution >= 0.6 is 0 Å². The number of nitrogen functional groups attached to an aromatic ring is 1. The molecule has 0 aliphatic carbocycles. The van der Waals surface area contributed by atoms with E-state index < -0.39 is 23.4 Å². The molecule has 0 heterocycles. The smallest absolute Gasteiger partial charge is 0.344 e. The highest BCUT2D eigenvalue weighted by Gasteiger charge is 2.50. The maximum absolute atomic E-state index is 12.4. The average Bonchev–Trinajstić information content (AvgIpc) is 2.48. The van der Waals surface area contributed by atoms with Gasteiger partial charge in [-0.3, -0.25) is 4.79 Å². The fourth-order valence-electron chi connectivity index (χ4n) is 2.12. The largest absolute Gasteiger partial charge is 0.464 e. The van der Waals surface area contributed by atoms with Crippen molar-refractivity contribution in [3.05, 3.63) is 29.8 Å². The summed E-state index contributed by atoms with van der Waals surface area (Å²) in [5.41, 5.74) is 4.89. The number of nitrogens with two attached hydrogens (primary N) is 1. The Balaban J connectivity index is 3.28. The lowest BCUT2D eigenvalue weighted by molar-refractivity contribution is -0.168. The SMILES string of the molecule is CCOC(=O)C(Cc1ccc(N)cc1)(NC(C)=O)C(=O)OCC. The number of nitrogens with one attached hydrogen (secondary N) is 1. The van der Waals surface area contributed by atoms with Gasteiger partial charge < -0.3 is 20.5 Å². The van der Waals surface area contributed by atoms with Gasteiger partial charge in [0.15, 0.2) is 0 Å². The van der Waals surface area contributed by atoms with Gasteiger partial charge in [-0.15, -0.1) is 0 Å². The van der Waals surface area contributed by atoms with Crippen LogP contribution in [0.1, 0.15) is 26.3 Å². The van der Waals surface area contributed by atoms with Gasteiger partial charge in [-0.2, -0.15) is 0 Å². The van der Waals surface area contributed by atoms with Crippen molar-refractivity contribution in [2.24, 2.45) is 0 Å². The highest BCUT2D eigenvalue weighted by atomic mass is 16.6. The fourth-order valence-corrected chi connectivity index (χ4v) is 2.12. The molecule has 0 aromatic heterocycles. The van der Waals surface area contributed by atoms with Crippen LogP contribution in [0.3, 0.4) is 0 Å². The number of amides is 1. The van der Waals surface area contributed by atoms with Crippen molar-refractivity contribution in [3.63, 3.8) is 0 Å². The molecule has 23 heavy (non-hydrogen) atoms. The summed E-state index contributed by atoms with van der Waals surface area (Å²) < 4.78 is 9.99. The van der Waals surface area contributed by atoms with Gasteiger partial charge in [0.1, 0.15) is 0 Å². The molecule has 7 heteroatoms. The van der Waals surface area contributed by atoms with Crippen molar-refractivity contribution < 1.29 is 23.9 Å². The third kappa shape index (κ3) is 4.70. The zero-order chi connectivity index (χ0) is 17.5. The predicted molar refractivity (Wildman–Crippen MR) is 84.4 cm³/mol. The maximum Gasteiger partial charge on any atom is 0.344 e. The quantitative estimate of drug-likeness (QED) is 0.437. The number of ether oxygens (including phenoxy) is 2. The van der Waals surface area contributed by atoms with Crippen LogP contribution in [-0.2, 0) is 30.3 Å². The van der Waals surface area contributed by atoms with Gasteiger partial charge in [-0.05, 0) is 31.5 Å². The lowest BCUT2D eigenvalue weighted by Gasteiger charge is -2.29. The second-order valence-corrected chi connectivity index (χ2v) is 4.95. The maximum atomic E-state index is 12.4. The molecule has 0 unspecified atom stereocenters. The molecule has 0 spiro atoms. The third-order valence-electron chi connectivity index (χ3n) is 3.09. The normalized spacial score (nSPS) is 10.7. The molecule has 1 aromatic carbocycles. The Morgan fingerprint density at radius 1 is 1.04 bits per heavy atom. The van der Waals surface area contributed by atoms with E-state index in [1.165, 1.54) is 6.92 Å². The summed E-state index contributed by atoms with van der Waals surface area (Å²) in [7, 11) is 0. The van der Waals surface area contributed by atoms with E-state index in [9.17, 15) is 14.4 Å². The molecular formula is C16H22N2O5. The number of rotatable bonds is 7. The minimum Gasteiger partial charge on any atom is -0.464 e. The van der Waals surface area contributed by atoms with Crippen LogP contribution in [0, 0.1) is 0 Å². The molecule has 1 rings (SSSR count). The van der Waals surface area contributed by atoms with Gasteiger partial charge >= 0.3 is 11.9 Å². The van der Waals surface area contributed by atoms with Crippen LogP contribution in [-0.4, -0.2) is 36.6 Å². The molecule has 1 amide bonds. The van der Waals surface area contributed by atoms with Gasteiger partial charge in [-0.25, -0.2) is 9.59 Å². The highest BCUT2D eigenvalue weighted by Crippen LogP contribution is 2.19. The zero-order valence-corrected chi connectivity index (χ0v) is 13.5. The standard InChI is InChI=1S/C16H22N2O5/c1-4-22-14(20)16(18-11(3)19,15(21)23-5-2)10-12-6-8-13(17)9-7-12/h6-9H,4-5,10,17H2,1-3H3,(H,18,19). The lowest BCUT2D eigenvalue weighted by atomic mass is 9.90. The van der Waals surface area contributed by atoms with E-state index in [-0.39, 0.29) is 19.6 Å². The number of carbonyl (C=O) groups is 3. The van der Waals surface area contributed by atoms with Crippen molar-refractivity contribution in [2.45, 2.75) is 32.7 Å². The topological polar surface area (TPSA) is 108 Å². The summed E-state index contributed by atoms with van der Waals surface area (Å²) >= 11 is 0. The van der Waals surface area contributed by atoms with Crippen molar-refractivity contribution >= 4 is 23.5 Å². The summed E-state index contributed by atoms with van der Waals surface area (Å²) in [6, 6.07) is 6.63. The molecule has 0 saturated heterocycles. The van der Waals surface area contributed by atoms with Gasteiger partial charge in [0, 0.05) is 19.0 Å². The number of benzene rings is 1. The zero-order valence-electron chi connectivity index (χ0n) is 13.5. The molecule has 1 aromatic rings. The molecule has 0 saturated carbocycles. The predicted octanol–water partition coefficient (Wildman–Crippen LogP) is 0.812. The van der Waals surface area contributed by atoms with E-state index in [1.807, 2.05) is 0 Å². The van der Waals surface area contributed by atoms with Crippen molar-refractivity contribution in [3.8, 4) is 0 Å². The Kier molecular flexibility index (Phi) is 6.56. The van der Waals surface area contributed by atoms with Gasteiger partial charge in [0.2, 0.25) is 11.4 Å². The first-order valence-corrected chi connectivity index (χ1v) is 7.33. The van der Waals surface area contributed by atoms with Crippen LogP contribution in [0.4, 0.5) is 5.69 Å². The van der Waals surface area contributed by atoms with E-state index in [1.54, 1.807) is 38.1 Å². The molecule has 0 radical (unpaired) electrons. The molecule has 0 bridgehead atoms. The Morgan fingerprint density at radius 2 is 1.52 bits per heavy atom. The molecule has 0 aliphatic heterocycles. The summed E-state index contributed by atoms with van der Waals surface area (Å²) in [6.07, 6.45) is -0.0927. The second kappa shape index (κ2) is 8.17. The van der Waals surface area contributed by atoms with E-state index in [4.69, 9.17) is 15.2 Å². The summed E-state index contributed by atoms with van der Waals surface area (Å²) in [4.78, 5) is 36.4. The minimum atomic E-state index is -1.92. The number of hydrogen-bond acceptors (Lipinski definition) is 6. The third-order valence-corrected chi connectivity index (χ3v) is 3.09. The Labute approximate surface area is 135 Å². The molecule has 7 nitrogen and oxygen atoms in total. The van der Waals surface area contributed by atoms with Gasteiger partial charge in [0.25, 0.3) is 0 Å². The highest BCUT2D eigenvalue weighted by molar-refractivity contribution is 6.08. The monoisotopic (exact) mass is 322 g/mol. The van der Waals surface area contributed by atoms with E-state index in [0.717, 1.165) is 0 Å². The van der Waals surface area contributed by atoms with Crippen LogP contribution in [0.2, 0.25) is 0 Å².